The molecule has 0 spiro atoms. The molecule has 0 aliphatic carbocycles. The maximum Gasteiger partial charge on any atom is 0.332 e. The largest absolute Gasteiger partial charge is 0.355 e. The van der Waals surface area contributed by atoms with Crippen molar-refractivity contribution in [2.75, 3.05) is 19.6 Å². The standard InChI is InChI=1S/C12H15FN2O3S/c13-19(17,18)11-3-1-9(2-4-11)5-6-15-12(16)10-7-14-8-10/h1-4,10,14H,5-8H2,(H,15,16). The van der Waals surface area contributed by atoms with Gasteiger partial charge in [0.15, 0.2) is 0 Å². The van der Waals surface area contributed by atoms with Gasteiger partial charge in [0.05, 0.1) is 10.8 Å². The van der Waals surface area contributed by atoms with Gasteiger partial charge in [0.25, 0.3) is 0 Å². The average Bonchev–Trinajstić information content (AvgIpc) is 2.26. The van der Waals surface area contributed by atoms with Crippen LogP contribution in [0.4, 0.5) is 3.89 Å². The van der Waals surface area contributed by atoms with Crippen LogP contribution in [0, 0.1) is 5.92 Å². The van der Waals surface area contributed by atoms with Crippen LogP contribution >= 0.6 is 0 Å². The third-order valence-electron chi connectivity index (χ3n) is 3.07. The Morgan fingerprint density at radius 1 is 1.32 bits per heavy atom. The summed E-state index contributed by atoms with van der Waals surface area (Å²) in [5, 5.41) is 5.82. The first kappa shape index (κ1) is 14.0. The first-order valence-corrected chi connectivity index (χ1v) is 7.37. The summed E-state index contributed by atoms with van der Waals surface area (Å²) < 4.78 is 33.9. The van der Waals surface area contributed by atoms with Gasteiger partial charge in [0, 0.05) is 19.6 Å². The summed E-state index contributed by atoms with van der Waals surface area (Å²) in [6.07, 6.45) is 0.582. The van der Waals surface area contributed by atoms with Crippen molar-refractivity contribution in [2.24, 2.45) is 5.92 Å². The fourth-order valence-corrected chi connectivity index (χ4v) is 2.23. The summed E-state index contributed by atoms with van der Waals surface area (Å²) in [5.41, 5.74) is 0.847. The number of halogens is 1. The molecule has 1 aromatic carbocycles. The van der Waals surface area contributed by atoms with Gasteiger partial charge >= 0.3 is 10.2 Å². The summed E-state index contributed by atoms with van der Waals surface area (Å²) in [5.74, 6) is 0.0840. The van der Waals surface area contributed by atoms with Gasteiger partial charge in [0.2, 0.25) is 5.91 Å². The Labute approximate surface area is 111 Å². The first-order chi connectivity index (χ1) is 8.97. The van der Waals surface area contributed by atoms with E-state index in [2.05, 4.69) is 10.6 Å². The molecule has 0 bridgehead atoms. The van der Waals surface area contributed by atoms with Crippen LogP contribution in [0.3, 0.4) is 0 Å². The fourth-order valence-electron chi connectivity index (χ4n) is 1.77. The molecule has 1 aliphatic heterocycles. The van der Waals surface area contributed by atoms with E-state index in [0.29, 0.717) is 13.0 Å². The van der Waals surface area contributed by atoms with E-state index in [0.717, 1.165) is 18.7 Å². The SMILES string of the molecule is O=C(NCCc1ccc(S(=O)(=O)F)cc1)C1CNC1. The Bertz CT molecular complexity index is 553. The summed E-state index contributed by atoms with van der Waals surface area (Å²) in [4.78, 5) is 11.2. The second-order valence-electron chi connectivity index (χ2n) is 4.48. The highest BCUT2D eigenvalue weighted by atomic mass is 32.3. The van der Waals surface area contributed by atoms with Gasteiger partial charge < -0.3 is 10.6 Å². The highest BCUT2D eigenvalue weighted by Gasteiger charge is 2.24. The summed E-state index contributed by atoms with van der Waals surface area (Å²) in [6, 6.07) is 5.54. The van der Waals surface area contributed by atoms with Crippen molar-refractivity contribution in [1.82, 2.24) is 10.6 Å². The monoisotopic (exact) mass is 286 g/mol. The summed E-state index contributed by atoms with van der Waals surface area (Å²) >= 11 is 0. The van der Waals surface area contributed by atoms with Crippen LogP contribution in [0.25, 0.3) is 0 Å². The van der Waals surface area contributed by atoms with Crippen molar-refractivity contribution in [2.45, 2.75) is 11.3 Å². The molecule has 0 aromatic heterocycles. The smallest absolute Gasteiger partial charge is 0.332 e. The van der Waals surface area contributed by atoms with E-state index in [9.17, 15) is 17.1 Å². The average molecular weight is 286 g/mol. The third kappa shape index (κ3) is 3.74. The molecule has 0 unspecified atom stereocenters. The van der Waals surface area contributed by atoms with Crippen LogP contribution in [0.15, 0.2) is 29.2 Å². The summed E-state index contributed by atoms with van der Waals surface area (Å²) in [7, 11) is -4.64. The van der Waals surface area contributed by atoms with Crippen LogP contribution in [0.5, 0.6) is 0 Å². The molecular formula is C12H15FN2O3S. The second-order valence-corrected chi connectivity index (χ2v) is 5.83. The zero-order chi connectivity index (χ0) is 13.9. The minimum atomic E-state index is -4.64. The fraction of sp³-hybridized carbons (Fsp3) is 0.417. The maximum absolute atomic E-state index is 12.7. The lowest BCUT2D eigenvalue weighted by atomic mass is 10.0. The van der Waals surface area contributed by atoms with Crippen LogP contribution in [-0.2, 0) is 21.4 Å². The van der Waals surface area contributed by atoms with E-state index in [1.54, 1.807) is 12.1 Å². The molecule has 0 atom stereocenters. The van der Waals surface area contributed by atoms with Gasteiger partial charge in [-0.25, -0.2) is 0 Å². The molecule has 1 amide bonds. The topological polar surface area (TPSA) is 75.3 Å². The van der Waals surface area contributed by atoms with Crippen molar-refractivity contribution in [3.8, 4) is 0 Å². The molecule has 7 heteroatoms. The molecule has 0 radical (unpaired) electrons. The number of hydrogen-bond donors (Lipinski definition) is 2. The predicted molar refractivity (Wildman–Crippen MR) is 67.8 cm³/mol. The Balaban J connectivity index is 1.81. The predicted octanol–water partition coefficient (Wildman–Crippen LogP) is 0.223. The third-order valence-corrected chi connectivity index (χ3v) is 3.91. The molecule has 1 heterocycles. The van der Waals surface area contributed by atoms with E-state index in [1.165, 1.54) is 12.1 Å². The van der Waals surface area contributed by atoms with E-state index < -0.39 is 10.2 Å². The zero-order valence-electron chi connectivity index (χ0n) is 10.2. The van der Waals surface area contributed by atoms with E-state index in [1.807, 2.05) is 0 Å². The molecule has 1 aliphatic rings. The molecule has 1 fully saturated rings. The van der Waals surface area contributed by atoms with Crippen LogP contribution < -0.4 is 10.6 Å². The van der Waals surface area contributed by atoms with Gasteiger partial charge in [-0.05, 0) is 24.1 Å². The number of nitrogens with one attached hydrogen (secondary N) is 2. The highest BCUT2D eigenvalue weighted by Crippen LogP contribution is 2.13. The van der Waals surface area contributed by atoms with Crippen molar-refractivity contribution >= 4 is 16.1 Å². The number of carbonyl (C=O) groups is 1. The van der Waals surface area contributed by atoms with Crippen LogP contribution in [-0.4, -0.2) is 34.0 Å². The van der Waals surface area contributed by atoms with Gasteiger partial charge in [-0.15, -0.1) is 3.89 Å². The lowest BCUT2D eigenvalue weighted by molar-refractivity contribution is -0.126. The Kier molecular flexibility index (Phi) is 4.16. The molecule has 1 saturated heterocycles. The number of amides is 1. The molecule has 5 nitrogen and oxygen atoms in total. The van der Waals surface area contributed by atoms with Gasteiger partial charge in [0.1, 0.15) is 0 Å². The Morgan fingerprint density at radius 2 is 1.95 bits per heavy atom. The van der Waals surface area contributed by atoms with Crippen molar-refractivity contribution in [1.29, 1.82) is 0 Å². The second kappa shape index (κ2) is 5.66. The van der Waals surface area contributed by atoms with E-state index >= 15 is 0 Å². The zero-order valence-corrected chi connectivity index (χ0v) is 11.0. The first-order valence-electron chi connectivity index (χ1n) is 5.99. The minimum Gasteiger partial charge on any atom is -0.355 e. The molecule has 19 heavy (non-hydrogen) atoms. The van der Waals surface area contributed by atoms with Crippen molar-refractivity contribution in [3.63, 3.8) is 0 Å². The van der Waals surface area contributed by atoms with Gasteiger partial charge in [-0.2, -0.15) is 8.42 Å². The molecule has 2 rings (SSSR count). The van der Waals surface area contributed by atoms with Crippen LogP contribution in [0.2, 0.25) is 0 Å². The minimum absolute atomic E-state index is 0.0294. The normalized spacial score (nSPS) is 15.8. The van der Waals surface area contributed by atoms with Gasteiger partial charge in [-0.1, -0.05) is 12.1 Å². The number of hydrogen-bond acceptors (Lipinski definition) is 4. The number of carbonyl (C=O) groups excluding carboxylic acids is 1. The van der Waals surface area contributed by atoms with E-state index in [4.69, 9.17) is 0 Å². The van der Waals surface area contributed by atoms with Crippen molar-refractivity contribution < 1.29 is 17.1 Å². The molecule has 2 N–H and O–H groups in total. The summed E-state index contributed by atoms with van der Waals surface area (Å²) in [6.45, 7) is 1.92. The Morgan fingerprint density at radius 3 is 2.42 bits per heavy atom. The molecular weight excluding hydrogens is 271 g/mol. The highest BCUT2D eigenvalue weighted by molar-refractivity contribution is 7.86. The van der Waals surface area contributed by atoms with Gasteiger partial charge in [-0.3, -0.25) is 4.79 Å². The number of rotatable bonds is 5. The maximum atomic E-state index is 12.7. The lowest BCUT2D eigenvalue weighted by Gasteiger charge is -2.25. The lowest BCUT2D eigenvalue weighted by Crippen LogP contribution is -2.51. The molecule has 0 saturated carbocycles. The Hall–Kier alpha value is -1.47. The molecule has 104 valence electrons. The van der Waals surface area contributed by atoms with E-state index in [-0.39, 0.29) is 16.7 Å². The van der Waals surface area contributed by atoms with Crippen molar-refractivity contribution in [3.05, 3.63) is 29.8 Å². The number of benzene rings is 1. The van der Waals surface area contributed by atoms with Crippen LogP contribution in [0.1, 0.15) is 5.56 Å². The quantitative estimate of drug-likeness (QED) is 0.760. The molecule has 1 aromatic rings.